The summed E-state index contributed by atoms with van der Waals surface area (Å²) in [5, 5.41) is 5.13. The maximum Gasteiger partial charge on any atom is 0.255 e. The molecule has 0 aliphatic heterocycles. The highest BCUT2D eigenvalue weighted by molar-refractivity contribution is 5.97. The molecule has 0 fully saturated rings. The van der Waals surface area contributed by atoms with Crippen molar-refractivity contribution >= 4 is 11.8 Å². The standard InChI is InChI=1S/C17H18F2N2O3/c1-3-15(13-8-12(18)4-5-14(13)19)21-16(22)10(2)20-17(23)11-6-7-24-9-11/h4-10,15H,3H2,1-2H3,(H,20,23)(H,21,22)/t10-,15-/m0/s1. The molecule has 0 unspecified atom stereocenters. The number of halogens is 2. The Labute approximate surface area is 138 Å². The van der Waals surface area contributed by atoms with Crippen LogP contribution in [0.1, 0.15) is 42.2 Å². The SMILES string of the molecule is CC[C@H](NC(=O)[C@H](C)NC(=O)c1ccoc1)c1cc(F)ccc1F. The Balaban J connectivity index is 2.03. The van der Waals surface area contributed by atoms with E-state index in [0.29, 0.717) is 6.42 Å². The van der Waals surface area contributed by atoms with E-state index in [1.165, 1.54) is 25.5 Å². The molecule has 2 N–H and O–H groups in total. The molecule has 1 heterocycles. The lowest BCUT2D eigenvalue weighted by molar-refractivity contribution is -0.123. The van der Waals surface area contributed by atoms with Crippen molar-refractivity contribution in [3.05, 3.63) is 59.6 Å². The number of nitrogens with one attached hydrogen (secondary N) is 2. The predicted octanol–water partition coefficient (Wildman–Crippen LogP) is 2.94. The normalized spacial score (nSPS) is 13.2. The van der Waals surface area contributed by atoms with E-state index in [1.807, 2.05) is 0 Å². The van der Waals surface area contributed by atoms with Crippen molar-refractivity contribution in [1.29, 1.82) is 0 Å². The van der Waals surface area contributed by atoms with Crippen LogP contribution in [0.25, 0.3) is 0 Å². The third-order valence-electron chi connectivity index (χ3n) is 3.58. The smallest absolute Gasteiger partial charge is 0.255 e. The highest BCUT2D eigenvalue weighted by atomic mass is 19.1. The molecule has 0 aliphatic rings. The van der Waals surface area contributed by atoms with Crippen molar-refractivity contribution < 1.29 is 22.8 Å². The van der Waals surface area contributed by atoms with Gasteiger partial charge in [0.25, 0.3) is 5.91 Å². The van der Waals surface area contributed by atoms with Crippen LogP contribution in [0.5, 0.6) is 0 Å². The molecular weight excluding hydrogens is 318 g/mol. The van der Waals surface area contributed by atoms with E-state index >= 15 is 0 Å². The molecule has 2 atom stereocenters. The molecule has 128 valence electrons. The monoisotopic (exact) mass is 336 g/mol. The number of carbonyl (C=O) groups excluding carboxylic acids is 2. The average molecular weight is 336 g/mol. The van der Waals surface area contributed by atoms with Crippen LogP contribution in [-0.2, 0) is 4.79 Å². The Morgan fingerprint density at radius 3 is 2.58 bits per heavy atom. The summed E-state index contributed by atoms with van der Waals surface area (Å²) in [6.07, 6.45) is 2.98. The zero-order valence-corrected chi connectivity index (χ0v) is 13.3. The zero-order chi connectivity index (χ0) is 17.7. The summed E-state index contributed by atoms with van der Waals surface area (Å²) in [4.78, 5) is 24.1. The number of rotatable bonds is 6. The third-order valence-corrected chi connectivity index (χ3v) is 3.58. The van der Waals surface area contributed by atoms with Gasteiger partial charge in [-0.1, -0.05) is 6.92 Å². The highest BCUT2D eigenvalue weighted by Crippen LogP contribution is 2.21. The van der Waals surface area contributed by atoms with Gasteiger partial charge >= 0.3 is 0 Å². The van der Waals surface area contributed by atoms with E-state index in [2.05, 4.69) is 10.6 Å². The van der Waals surface area contributed by atoms with Crippen LogP contribution in [-0.4, -0.2) is 17.9 Å². The van der Waals surface area contributed by atoms with Crippen LogP contribution >= 0.6 is 0 Å². The van der Waals surface area contributed by atoms with Crippen LogP contribution < -0.4 is 10.6 Å². The lowest BCUT2D eigenvalue weighted by Gasteiger charge is -2.21. The molecule has 0 saturated heterocycles. The predicted molar refractivity (Wildman–Crippen MR) is 83.2 cm³/mol. The van der Waals surface area contributed by atoms with Crippen molar-refractivity contribution in [1.82, 2.24) is 10.6 Å². The molecule has 7 heteroatoms. The van der Waals surface area contributed by atoms with E-state index in [0.717, 1.165) is 18.2 Å². The second kappa shape index (κ2) is 7.72. The van der Waals surface area contributed by atoms with Gasteiger partial charge in [0.05, 0.1) is 17.9 Å². The first-order valence-corrected chi connectivity index (χ1v) is 7.50. The molecule has 1 aromatic heterocycles. The average Bonchev–Trinajstić information content (AvgIpc) is 3.09. The van der Waals surface area contributed by atoms with E-state index < -0.39 is 35.5 Å². The number of amides is 2. The molecule has 24 heavy (non-hydrogen) atoms. The Morgan fingerprint density at radius 2 is 1.96 bits per heavy atom. The van der Waals surface area contributed by atoms with Crippen molar-refractivity contribution in [2.24, 2.45) is 0 Å². The first kappa shape index (κ1) is 17.7. The molecule has 2 aromatic rings. The Bertz CT molecular complexity index is 717. The van der Waals surface area contributed by atoms with Gasteiger partial charge in [-0.25, -0.2) is 8.78 Å². The largest absolute Gasteiger partial charge is 0.472 e. The molecule has 0 aliphatic carbocycles. The maximum atomic E-state index is 13.9. The molecule has 0 bridgehead atoms. The number of benzene rings is 1. The minimum Gasteiger partial charge on any atom is -0.472 e. The van der Waals surface area contributed by atoms with Gasteiger partial charge in [0.15, 0.2) is 0 Å². The summed E-state index contributed by atoms with van der Waals surface area (Å²) in [7, 11) is 0. The van der Waals surface area contributed by atoms with Crippen molar-refractivity contribution in [2.45, 2.75) is 32.4 Å². The maximum absolute atomic E-state index is 13.9. The highest BCUT2D eigenvalue weighted by Gasteiger charge is 2.22. The second-order valence-corrected chi connectivity index (χ2v) is 5.34. The molecular formula is C17H18F2N2O3. The molecule has 0 radical (unpaired) electrons. The minimum atomic E-state index is -0.849. The Morgan fingerprint density at radius 1 is 1.21 bits per heavy atom. The van der Waals surface area contributed by atoms with Crippen LogP contribution in [0, 0.1) is 11.6 Å². The first-order valence-electron chi connectivity index (χ1n) is 7.50. The fourth-order valence-corrected chi connectivity index (χ4v) is 2.22. The van der Waals surface area contributed by atoms with Crippen LogP contribution in [0.4, 0.5) is 8.78 Å². The lowest BCUT2D eigenvalue weighted by atomic mass is 10.0. The van der Waals surface area contributed by atoms with E-state index in [4.69, 9.17) is 4.42 Å². The fourth-order valence-electron chi connectivity index (χ4n) is 2.22. The molecule has 5 nitrogen and oxygen atoms in total. The van der Waals surface area contributed by atoms with Gasteiger partial charge in [0.2, 0.25) is 5.91 Å². The van der Waals surface area contributed by atoms with Gasteiger partial charge in [-0.05, 0) is 37.6 Å². The first-order chi connectivity index (χ1) is 11.4. The van der Waals surface area contributed by atoms with Crippen molar-refractivity contribution in [3.8, 4) is 0 Å². The van der Waals surface area contributed by atoms with Gasteiger partial charge < -0.3 is 15.1 Å². The third kappa shape index (κ3) is 4.18. The molecule has 2 amide bonds. The molecule has 0 saturated carbocycles. The number of hydrogen-bond donors (Lipinski definition) is 2. The fraction of sp³-hybridized carbons (Fsp3) is 0.294. The quantitative estimate of drug-likeness (QED) is 0.852. The van der Waals surface area contributed by atoms with Gasteiger partial charge in [-0.2, -0.15) is 0 Å². The van der Waals surface area contributed by atoms with Crippen LogP contribution in [0.3, 0.4) is 0 Å². The van der Waals surface area contributed by atoms with Crippen LogP contribution in [0.2, 0.25) is 0 Å². The topological polar surface area (TPSA) is 71.3 Å². The zero-order valence-electron chi connectivity index (χ0n) is 13.3. The Hall–Kier alpha value is -2.70. The van der Waals surface area contributed by atoms with E-state index in [-0.39, 0.29) is 11.1 Å². The van der Waals surface area contributed by atoms with Crippen molar-refractivity contribution in [3.63, 3.8) is 0 Å². The summed E-state index contributed by atoms with van der Waals surface area (Å²) in [6, 6.07) is 3.01. The van der Waals surface area contributed by atoms with E-state index in [9.17, 15) is 18.4 Å². The summed E-state index contributed by atoms with van der Waals surface area (Å²) in [5.41, 5.74) is 0.358. The van der Waals surface area contributed by atoms with Crippen molar-refractivity contribution in [2.75, 3.05) is 0 Å². The van der Waals surface area contributed by atoms with Crippen LogP contribution in [0.15, 0.2) is 41.2 Å². The summed E-state index contributed by atoms with van der Waals surface area (Å²) in [6.45, 7) is 3.24. The minimum absolute atomic E-state index is 0.0687. The number of furan rings is 1. The number of hydrogen-bond acceptors (Lipinski definition) is 3. The molecule has 1 aromatic carbocycles. The molecule has 2 rings (SSSR count). The summed E-state index contributed by atoms with van der Waals surface area (Å²) >= 11 is 0. The summed E-state index contributed by atoms with van der Waals surface area (Å²) in [5.74, 6) is -2.14. The van der Waals surface area contributed by atoms with Gasteiger partial charge in [-0.15, -0.1) is 0 Å². The number of carbonyl (C=O) groups is 2. The van der Waals surface area contributed by atoms with Gasteiger partial charge in [0, 0.05) is 5.56 Å². The van der Waals surface area contributed by atoms with E-state index in [1.54, 1.807) is 6.92 Å². The second-order valence-electron chi connectivity index (χ2n) is 5.34. The van der Waals surface area contributed by atoms with Gasteiger partial charge in [-0.3, -0.25) is 9.59 Å². The summed E-state index contributed by atoms with van der Waals surface area (Å²) < 4.78 is 32.0. The lowest BCUT2D eigenvalue weighted by Crippen LogP contribution is -2.45. The van der Waals surface area contributed by atoms with Gasteiger partial charge in [0.1, 0.15) is 23.9 Å². The molecule has 0 spiro atoms. The Kier molecular flexibility index (Phi) is 5.68.